The van der Waals surface area contributed by atoms with E-state index < -0.39 is 29.6 Å². The van der Waals surface area contributed by atoms with Gasteiger partial charge in [-0.05, 0) is 18.1 Å². The summed E-state index contributed by atoms with van der Waals surface area (Å²) >= 11 is 0. The first-order chi connectivity index (χ1) is 12.1. The number of amides is 2. The maximum atomic E-state index is 12.8. The maximum Gasteiger partial charge on any atom is 0.417 e. The van der Waals surface area contributed by atoms with Crippen molar-refractivity contribution in [1.82, 2.24) is 25.2 Å². The van der Waals surface area contributed by atoms with Crippen molar-refractivity contribution < 1.29 is 22.8 Å². The number of fused-ring (bicyclic) bond motifs is 1. The van der Waals surface area contributed by atoms with Crippen molar-refractivity contribution in [2.75, 3.05) is 6.54 Å². The molecule has 0 aliphatic rings. The van der Waals surface area contributed by atoms with Crippen molar-refractivity contribution in [2.45, 2.75) is 32.6 Å². The predicted molar refractivity (Wildman–Crippen MR) is 100 cm³/mol. The molecule has 0 fully saturated rings. The minimum atomic E-state index is -4.50. The van der Waals surface area contributed by atoms with Crippen LogP contribution < -0.4 is 16.4 Å². The first kappa shape index (κ1) is 25.9. The quantitative estimate of drug-likeness (QED) is 0.621. The first-order valence-corrected chi connectivity index (χ1v) is 7.80. The predicted octanol–water partition coefficient (Wildman–Crippen LogP) is 1.31. The molecule has 0 aromatic carbocycles. The Morgan fingerprint density at radius 1 is 1.18 bits per heavy atom. The van der Waals surface area contributed by atoms with Crippen LogP contribution in [0.3, 0.4) is 0 Å². The van der Waals surface area contributed by atoms with E-state index >= 15 is 0 Å². The number of nitrogens with two attached hydrogens (primary N) is 1. The summed E-state index contributed by atoms with van der Waals surface area (Å²) in [7, 11) is 0. The van der Waals surface area contributed by atoms with Gasteiger partial charge in [-0.1, -0.05) is 13.8 Å². The smallest absolute Gasteiger partial charge is 0.347 e. The Labute approximate surface area is 171 Å². The SMILES string of the molecule is CC(C)[C@H](N)C(=O)NCC(=O)NCc1nnc2ccc(C(F)(F)F)cn12.Cl.Cl. The van der Waals surface area contributed by atoms with Gasteiger partial charge in [-0.15, -0.1) is 35.0 Å². The average Bonchev–Trinajstić information content (AvgIpc) is 2.98. The number of nitrogens with one attached hydrogen (secondary N) is 2. The van der Waals surface area contributed by atoms with Crippen molar-refractivity contribution in [3.63, 3.8) is 0 Å². The number of hydrogen-bond acceptors (Lipinski definition) is 5. The molecule has 0 saturated carbocycles. The van der Waals surface area contributed by atoms with Gasteiger partial charge < -0.3 is 16.4 Å². The van der Waals surface area contributed by atoms with Gasteiger partial charge in [0.25, 0.3) is 0 Å². The third kappa shape index (κ3) is 6.50. The summed E-state index contributed by atoms with van der Waals surface area (Å²) in [5.41, 5.74) is 5.02. The molecule has 0 bridgehead atoms. The van der Waals surface area contributed by atoms with Gasteiger partial charge >= 0.3 is 6.18 Å². The van der Waals surface area contributed by atoms with E-state index in [9.17, 15) is 22.8 Å². The Morgan fingerprint density at radius 2 is 1.82 bits per heavy atom. The van der Waals surface area contributed by atoms with Gasteiger partial charge in [-0.25, -0.2) is 0 Å². The molecule has 8 nitrogen and oxygen atoms in total. The lowest BCUT2D eigenvalue weighted by molar-refractivity contribution is -0.137. The monoisotopic (exact) mass is 444 g/mol. The Hall–Kier alpha value is -2.11. The maximum absolute atomic E-state index is 12.8. The Bertz CT molecular complexity index is 813. The highest BCUT2D eigenvalue weighted by atomic mass is 35.5. The van der Waals surface area contributed by atoms with Gasteiger partial charge in [0, 0.05) is 6.20 Å². The fourth-order valence-corrected chi connectivity index (χ4v) is 2.05. The summed E-state index contributed by atoms with van der Waals surface area (Å²) in [6, 6.07) is 1.36. The van der Waals surface area contributed by atoms with Crippen LogP contribution in [0.4, 0.5) is 13.2 Å². The van der Waals surface area contributed by atoms with E-state index in [-0.39, 0.29) is 55.3 Å². The zero-order valence-electron chi connectivity index (χ0n) is 15.0. The Kier molecular flexibility index (Phi) is 9.65. The molecule has 0 saturated heterocycles. The topological polar surface area (TPSA) is 114 Å². The fourth-order valence-electron chi connectivity index (χ4n) is 2.05. The van der Waals surface area contributed by atoms with Crippen LogP contribution in [0.2, 0.25) is 0 Å². The first-order valence-electron chi connectivity index (χ1n) is 7.80. The molecule has 28 heavy (non-hydrogen) atoms. The van der Waals surface area contributed by atoms with Crippen molar-refractivity contribution in [3.8, 4) is 0 Å². The molecule has 2 aromatic rings. The van der Waals surface area contributed by atoms with Crippen LogP contribution in [-0.4, -0.2) is 39.0 Å². The van der Waals surface area contributed by atoms with Crippen LogP contribution in [0.1, 0.15) is 25.2 Å². The molecule has 2 heterocycles. The third-order valence-corrected chi connectivity index (χ3v) is 3.69. The summed E-state index contributed by atoms with van der Waals surface area (Å²) in [5.74, 6) is -0.941. The van der Waals surface area contributed by atoms with E-state index in [1.54, 1.807) is 13.8 Å². The van der Waals surface area contributed by atoms with Crippen LogP contribution in [0.15, 0.2) is 18.3 Å². The molecule has 2 amide bonds. The minimum absolute atomic E-state index is 0. The highest BCUT2D eigenvalue weighted by Crippen LogP contribution is 2.29. The highest BCUT2D eigenvalue weighted by Gasteiger charge is 2.31. The largest absolute Gasteiger partial charge is 0.417 e. The second-order valence-electron chi connectivity index (χ2n) is 6.02. The second-order valence-corrected chi connectivity index (χ2v) is 6.02. The molecule has 4 N–H and O–H groups in total. The zero-order valence-corrected chi connectivity index (χ0v) is 16.6. The Morgan fingerprint density at radius 3 is 2.39 bits per heavy atom. The lowest BCUT2D eigenvalue weighted by Crippen LogP contribution is -2.47. The molecule has 2 rings (SSSR count). The number of carbonyl (C=O) groups is 2. The number of nitrogens with zero attached hydrogens (tertiary/aromatic N) is 3. The van der Waals surface area contributed by atoms with Crippen LogP contribution in [0, 0.1) is 5.92 Å². The molecular formula is C15H21Cl2F3N6O2. The third-order valence-electron chi connectivity index (χ3n) is 3.69. The molecule has 0 unspecified atom stereocenters. The van der Waals surface area contributed by atoms with Crippen molar-refractivity contribution in [3.05, 3.63) is 29.7 Å². The molecule has 0 aliphatic carbocycles. The van der Waals surface area contributed by atoms with E-state index in [1.807, 2.05) is 0 Å². The standard InChI is InChI=1S/C15H19F3N6O2.2ClH/c1-8(2)13(19)14(26)21-6-12(25)20-5-11-23-22-10-4-3-9(7-24(10)11)15(16,17)18;;/h3-4,7-8,13H,5-6,19H2,1-2H3,(H,20,25)(H,21,26);2*1H/t13-;;/m0../s1. The number of rotatable bonds is 6. The molecule has 0 radical (unpaired) electrons. The van der Waals surface area contributed by atoms with Crippen molar-refractivity contribution in [2.24, 2.45) is 11.7 Å². The van der Waals surface area contributed by atoms with Crippen molar-refractivity contribution >= 4 is 42.3 Å². The minimum Gasteiger partial charge on any atom is -0.347 e. The van der Waals surface area contributed by atoms with Crippen LogP contribution in [0.5, 0.6) is 0 Å². The zero-order chi connectivity index (χ0) is 19.5. The number of pyridine rings is 1. The summed E-state index contributed by atoms with van der Waals surface area (Å²) < 4.78 is 39.5. The molecular weight excluding hydrogens is 424 g/mol. The summed E-state index contributed by atoms with van der Waals surface area (Å²) in [4.78, 5) is 23.5. The van der Waals surface area contributed by atoms with Crippen LogP contribution >= 0.6 is 24.8 Å². The number of halogens is 5. The summed E-state index contributed by atoms with van der Waals surface area (Å²) in [5, 5.41) is 12.4. The number of carbonyl (C=O) groups excluding carboxylic acids is 2. The van der Waals surface area contributed by atoms with E-state index in [0.717, 1.165) is 16.7 Å². The molecule has 0 aliphatic heterocycles. The number of alkyl halides is 3. The van der Waals surface area contributed by atoms with Gasteiger partial charge in [0.05, 0.1) is 24.7 Å². The lowest BCUT2D eigenvalue weighted by Gasteiger charge is -2.15. The van der Waals surface area contributed by atoms with Crippen molar-refractivity contribution in [1.29, 1.82) is 0 Å². The number of hydrogen-bond donors (Lipinski definition) is 3. The van der Waals surface area contributed by atoms with Crippen LogP contribution in [0.25, 0.3) is 5.65 Å². The van der Waals surface area contributed by atoms with Gasteiger partial charge in [-0.3, -0.25) is 14.0 Å². The van der Waals surface area contributed by atoms with Crippen LogP contribution in [-0.2, 0) is 22.3 Å². The van der Waals surface area contributed by atoms with E-state index in [1.165, 1.54) is 6.07 Å². The lowest BCUT2D eigenvalue weighted by atomic mass is 10.1. The van der Waals surface area contributed by atoms with E-state index in [0.29, 0.717) is 0 Å². The summed E-state index contributed by atoms with van der Waals surface area (Å²) in [6.07, 6.45) is -3.64. The van der Waals surface area contributed by atoms with E-state index in [4.69, 9.17) is 5.73 Å². The van der Waals surface area contributed by atoms with Gasteiger partial charge in [-0.2, -0.15) is 13.2 Å². The fraction of sp³-hybridized carbons (Fsp3) is 0.467. The average molecular weight is 445 g/mol. The normalized spacial score (nSPS) is 12.1. The molecule has 158 valence electrons. The molecule has 0 spiro atoms. The van der Waals surface area contributed by atoms with Gasteiger partial charge in [0.15, 0.2) is 11.5 Å². The molecule has 1 atom stereocenters. The molecule has 13 heteroatoms. The highest BCUT2D eigenvalue weighted by molar-refractivity contribution is 5.87. The second kappa shape index (κ2) is 10.4. The molecule has 2 aromatic heterocycles. The van der Waals surface area contributed by atoms with Gasteiger partial charge in [0.2, 0.25) is 11.8 Å². The Balaban J connectivity index is 0.00000364. The van der Waals surface area contributed by atoms with Gasteiger partial charge in [0.1, 0.15) is 0 Å². The summed E-state index contributed by atoms with van der Waals surface area (Å²) in [6.45, 7) is 3.10. The number of aromatic nitrogens is 3. The van der Waals surface area contributed by atoms with E-state index in [2.05, 4.69) is 20.8 Å².